The predicted octanol–water partition coefficient (Wildman–Crippen LogP) is 4.71. The third-order valence-electron chi connectivity index (χ3n) is 2.88. The average Bonchev–Trinajstić information content (AvgIpc) is 2.45. The average molecular weight is 359 g/mol. The molecule has 2 rings (SSSR count). The molecule has 2 aromatic rings. The standard InChI is InChI=1S/C15H10BrF3O2/c1-21-13-5-3-2-4-11(13)14(20)10-7-6-9(16)8-12(10)15(17,18)19/h2-8H,1H3. The van der Waals surface area contributed by atoms with Crippen molar-refractivity contribution in [2.45, 2.75) is 6.18 Å². The lowest BCUT2D eigenvalue weighted by Gasteiger charge is -2.14. The first-order chi connectivity index (χ1) is 9.84. The van der Waals surface area contributed by atoms with Gasteiger partial charge >= 0.3 is 6.18 Å². The Kier molecular flexibility index (Phi) is 4.37. The molecule has 0 aromatic heterocycles. The van der Waals surface area contributed by atoms with E-state index in [0.29, 0.717) is 0 Å². The quantitative estimate of drug-likeness (QED) is 0.743. The lowest BCUT2D eigenvalue weighted by molar-refractivity contribution is -0.137. The lowest BCUT2D eigenvalue weighted by Crippen LogP contribution is -2.14. The summed E-state index contributed by atoms with van der Waals surface area (Å²) in [6.45, 7) is 0. The largest absolute Gasteiger partial charge is 0.496 e. The molecule has 0 aliphatic rings. The molecule has 0 heterocycles. The fraction of sp³-hybridized carbons (Fsp3) is 0.133. The summed E-state index contributed by atoms with van der Waals surface area (Å²) in [6, 6.07) is 9.62. The Labute approximate surface area is 127 Å². The van der Waals surface area contributed by atoms with Gasteiger partial charge in [0.15, 0.2) is 5.78 Å². The minimum absolute atomic E-state index is 0.0906. The van der Waals surface area contributed by atoms with Crippen LogP contribution < -0.4 is 4.74 Å². The number of carbonyl (C=O) groups is 1. The van der Waals surface area contributed by atoms with Gasteiger partial charge in [0.05, 0.1) is 18.2 Å². The van der Waals surface area contributed by atoms with Gasteiger partial charge in [-0.15, -0.1) is 0 Å². The molecular weight excluding hydrogens is 349 g/mol. The fourth-order valence-corrected chi connectivity index (χ4v) is 2.29. The van der Waals surface area contributed by atoms with Crippen LogP contribution in [0.4, 0.5) is 13.2 Å². The maximum Gasteiger partial charge on any atom is 0.417 e. The molecule has 6 heteroatoms. The van der Waals surface area contributed by atoms with Gasteiger partial charge < -0.3 is 4.74 Å². The van der Waals surface area contributed by atoms with Gasteiger partial charge in [0.2, 0.25) is 0 Å². The molecule has 0 aliphatic carbocycles. The molecule has 0 atom stereocenters. The SMILES string of the molecule is COc1ccccc1C(=O)c1ccc(Br)cc1C(F)(F)F. The van der Waals surface area contributed by atoms with Crippen molar-refractivity contribution in [1.29, 1.82) is 0 Å². The number of carbonyl (C=O) groups excluding carboxylic acids is 1. The summed E-state index contributed by atoms with van der Waals surface area (Å²) >= 11 is 2.99. The van der Waals surface area contributed by atoms with Crippen LogP contribution in [0.3, 0.4) is 0 Å². The molecule has 0 saturated carbocycles. The van der Waals surface area contributed by atoms with Crippen molar-refractivity contribution in [3.63, 3.8) is 0 Å². The van der Waals surface area contributed by atoms with E-state index in [1.165, 1.54) is 25.3 Å². The first-order valence-corrected chi connectivity index (χ1v) is 6.68. The predicted molar refractivity (Wildman–Crippen MR) is 75.6 cm³/mol. The molecule has 0 spiro atoms. The molecule has 0 saturated heterocycles. The minimum atomic E-state index is -4.61. The topological polar surface area (TPSA) is 26.3 Å². The molecule has 0 radical (unpaired) electrons. The summed E-state index contributed by atoms with van der Waals surface area (Å²) < 4.78 is 44.5. The second-order valence-corrected chi connectivity index (χ2v) is 5.13. The van der Waals surface area contributed by atoms with Crippen molar-refractivity contribution in [2.24, 2.45) is 0 Å². The Bertz CT molecular complexity index is 681. The van der Waals surface area contributed by atoms with Crippen LogP contribution in [0.2, 0.25) is 0 Å². The number of benzene rings is 2. The Morgan fingerprint density at radius 1 is 1.10 bits per heavy atom. The third kappa shape index (κ3) is 3.26. The number of alkyl halides is 3. The molecule has 0 N–H and O–H groups in total. The third-order valence-corrected chi connectivity index (χ3v) is 3.38. The number of ketones is 1. The van der Waals surface area contributed by atoms with Gasteiger partial charge in [0.1, 0.15) is 5.75 Å². The monoisotopic (exact) mass is 358 g/mol. The van der Waals surface area contributed by atoms with Gasteiger partial charge in [-0.1, -0.05) is 28.1 Å². The second kappa shape index (κ2) is 5.89. The van der Waals surface area contributed by atoms with E-state index in [1.54, 1.807) is 12.1 Å². The molecule has 0 amide bonds. The number of hydrogen-bond donors (Lipinski definition) is 0. The number of rotatable bonds is 3. The van der Waals surface area contributed by atoms with E-state index < -0.39 is 23.1 Å². The van der Waals surface area contributed by atoms with Crippen LogP contribution in [0.15, 0.2) is 46.9 Å². The van der Waals surface area contributed by atoms with Crippen molar-refractivity contribution in [3.05, 3.63) is 63.6 Å². The van der Waals surface area contributed by atoms with E-state index in [1.807, 2.05) is 0 Å². The maximum atomic E-state index is 13.1. The maximum absolute atomic E-state index is 13.1. The molecule has 2 nitrogen and oxygen atoms in total. The first-order valence-electron chi connectivity index (χ1n) is 5.89. The Morgan fingerprint density at radius 2 is 1.76 bits per heavy atom. The van der Waals surface area contributed by atoms with Crippen molar-refractivity contribution in [1.82, 2.24) is 0 Å². The fourth-order valence-electron chi connectivity index (χ4n) is 1.93. The van der Waals surface area contributed by atoms with Crippen molar-refractivity contribution in [2.75, 3.05) is 7.11 Å². The van der Waals surface area contributed by atoms with Crippen LogP contribution in [-0.2, 0) is 6.18 Å². The highest BCUT2D eigenvalue weighted by atomic mass is 79.9. The lowest BCUT2D eigenvalue weighted by atomic mass is 9.97. The zero-order valence-electron chi connectivity index (χ0n) is 10.9. The van der Waals surface area contributed by atoms with Crippen LogP contribution in [0.5, 0.6) is 5.75 Å². The Balaban J connectivity index is 2.59. The van der Waals surface area contributed by atoms with Gasteiger partial charge in [-0.25, -0.2) is 0 Å². The molecule has 0 unspecified atom stereocenters. The van der Waals surface area contributed by atoms with Gasteiger partial charge in [0.25, 0.3) is 0 Å². The summed E-state index contributed by atoms with van der Waals surface area (Å²) in [7, 11) is 1.36. The summed E-state index contributed by atoms with van der Waals surface area (Å²) in [5.41, 5.74) is -1.30. The minimum Gasteiger partial charge on any atom is -0.496 e. The highest BCUT2D eigenvalue weighted by molar-refractivity contribution is 9.10. The van der Waals surface area contributed by atoms with Crippen LogP contribution in [-0.4, -0.2) is 12.9 Å². The van der Waals surface area contributed by atoms with E-state index in [0.717, 1.165) is 12.1 Å². The number of ether oxygens (including phenoxy) is 1. The van der Waals surface area contributed by atoms with E-state index in [4.69, 9.17) is 4.74 Å². The molecule has 0 aliphatic heterocycles. The zero-order chi connectivity index (χ0) is 15.6. The summed E-state index contributed by atoms with van der Waals surface area (Å²) in [5, 5.41) is 0. The van der Waals surface area contributed by atoms with Gasteiger partial charge in [0, 0.05) is 10.0 Å². The van der Waals surface area contributed by atoms with Crippen LogP contribution in [0, 0.1) is 0 Å². The summed E-state index contributed by atoms with van der Waals surface area (Å²) in [5.74, 6) is -0.495. The number of para-hydroxylation sites is 1. The van der Waals surface area contributed by atoms with E-state index >= 15 is 0 Å². The molecule has 110 valence electrons. The number of hydrogen-bond acceptors (Lipinski definition) is 2. The van der Waals surface area contributed by atoms with Crippen LogP contribution in [0.1, 0.15) is 21.5 Å². The molecule has 0 fully saturated rings. The molecule has 21 heavy (non-hydrogen) atoms. The Morgan fingerprint density at radius 3 is 2.38 bits per heavy atom. The van der Waals surface area contributed by atoms with Gasteiger partial charge in [-0.05, 0) is 30.3 Å². The summed E-state index contributed by atoms with van der Waals surface area (Å²) in [6.07, 6.45) is -4.61. The highest BCUT2D eigenvalue weighted by Crippen LogP contribution is 2.35. The number of methoxy groups -OCH3 is 1. The Hall–Kier alpha value is -1.82. The van der Waals surface area contributed by atoms with E-state index in [-0.39, 0.29) is 15.8 Å². The van der Waals surface area contributed by atoms with Crippen LogP contribution in [0.25, 0.3) is 0 Å². The smallest absolute Gasteiger partial charge is 0.417 e. The van der Waals surface area contributed by atoms with Crippen molar-refractivity contribution in [3.8, 4) is 5.75 Å². The van der Waals surface area contributed by atoms with Crippen molar-refractivity contribution >= 4 is 21.7 Å². The van der Waals surface area contributed by atoms with Gasteiger partial charge in [-0.2, -0.15) is 13.2 Å². The zero-order valence-corrected chi connectivity index (χ0v) is 12.5. The summed E-state index contributed by atoms with van der Waals surface area (Å²) in [4.78, 5) is 12.4. The van der Waals surface area contributed by atoms with E-state index in [9.17, 15) is 18.0 Å². The van der Waals surface area contributed by atoms with E-state index in [2.05, 4.69) is 15.9 Å². The highest BCUT2D eigenvalue weighted by Gasteiger charge is 2.36. The van der Waals surface area contributed by atoms with Crippen LogP contribution >= 0.6 is 15.9 Å². The normalized spacial score (nSPS) is 11.3. The molecule has 2 aromatic carbocycles. The van der Waals surface area contributed by atoms with Crippen molar-refractivity contribution < 1.29 is 22.7 Å². The molecule has 0 bridgehead atoms. The molecular formula is C15H10BrF3O2. The van der Waals surface area contributed by atoms with Gasteiger partial charge in [-0.3, -0.25) is 4.79 Å². The first kappa shape index (κ1) is 15.6. The number of halogens is 4. The second-order valence-electron chi connectivity index (χ2n) is 4.22.